The zero-order chi connectivity index (χ0) is 24.1. The first-order chi connectivity index (χ1) is 15.7. The summed E-state index contributed by atoms with van der Waals surface area (Å²) < 4.78 is 48.8. The number of pyridine rings is 1. The summed E-state index contributed by atoms with van der Waals surface area (Å²) in [5.74, 6) is -0.293. The zero-order valence-electron chi connectivity index (χ0n) is 18.0. The van der Waals surface area contributed by atoms with Crippen molar-refractivity contribution in [3.05, 3.63) is 83.1 Å². The Morgan fingerprint density at radius 3 is 2.52 bits per heavy atom. The van der Waals surface area contributed by atoms with Crippen LogP contribution in [0.2, 0.25) is 0 Å². The van der Waals surface area contributed by atoms with Crippen LogP contribution in [0.1, 0.15) is 24.1 Å². The maximum Gasteiger partial charge on any atom is 0.416 e. The van der Waals surface area contributed by atoms with E-state index in [0.29, 0.717) is 24.3 Å². The van der Waals surface area contributed by atoms with E-state index in [2.05, 4.69) is 15.3 Å². The van der Waals surface area contributed by atoms with E-state index in [4.69, 9.17) is 5.73 Å². The van der Waals surface area contributed by atoms with E-state index in [1.165, 1.54) is 25.3 Å². The van der Waals surface area contributed by atoms with Crippen LogP contribution in [0, 0.1) is 18.2 Å². The van der Waals surface area contributed by atoms with Crippen LogP contribution in [-0.2, 0) is 11.0 Å². The van der Waals surface area contributed by atoms with Crippen molar-refractivity contribution in [2.45, 2.75) is 25.9 Å². The standard InChI is InChI=1S/C17H18FN3O.C7H6F3N/c18-14-1-3-15(4-2-14)21-16-7-13-5-6-20-10-17(13,11-22)8-12(16)9-19;1-5-4-6(2-3-11-5)7(8,9)10/h1-4,7,9,11,20H,5-6,8,10,19H2;2-4H,1H3/b12-9-,21-16?;. The number of piperidine rings is 1. The number of nitrogens with one attached hydrogen (secondary N) is 1. The number of alkyl halides is 3. The van der Waals surface area contributed by atoms with Crippen molar-refractivity contribution < 1.29 is 22.4 Å². The largest absolute Gasteiger partial charge is 0.416 e. The van der Waals surface area contributed by atoms with Gasteiger partial charge in [0.05, 0.1) is 22.4 Å². The molecule has 1 saturated heterocycles. The number of aldehydes is 1. The van der Waals surface area contributed by atoms with Crippen molar-refractivity contribution in [2.75, 3.05) is 13.1 Å². The normalized spacial score (nSPS) is 22.8. The number of rotatable bonds is 2. The lowest BCUT2D eigenvalue weighted by atomic mass is 9.68. The van der Waals surface area contributed by atoms with Crippen LogP contribution in [0.5, 0.6) is 0 Å². The molecule has 1 fully saturated rings. The lowest BCUT2D eigenvalue weighted by Crippen LogP contribution is -2.45. The van der Waals surface area contributed by atoms with Crippen molar-refractivity contribution in [1.29, 1.82) is 0 Å². The molecule has 0 bridgehead atoms. The zero-order valence-corrected chi connectivity index (χ0v) is 18.0. The Balaban J connectivity index is 0.000000235. The fraction of sp³-hybridized carbons (Fsp3) is 0.292. The molecule has 0 radical (unpaired) electrons. The van der Waals surface area contributed by atoms with Crippen LogP contribution in [0.15, 0.2) is 71.0 Å². The lowest BCUT2D eigenvalue weighted by molar-refractivity contribution is -0.137. The van der Waals surface area contributed by atoms with E-state index in [1.807, 2.05) is 6.08 Å². The Labute approximate surface area is 189 Å². The number of halogens is 4. The molecule has 2 heterocycles. The molecule has 4 rings (SSSR count). The highest BCUT2D eigenvalue weighted by Crippen LogP contribution is 2.40. The number of hydrogen-bond acceptors (Lipinski definition) is 5. The summed E-state index contributed by atoms with van der Waals surface area (Å²) in [5.41, 5.74) is 8.30. The van der Waals surface area contributed by atoms with Crippen LogP contribution in [0.3, 0.4) is 0 Å². The van der Waals surface area contributed by atoms with Gasteiger partial charge in [-0.1, -0.05) is 5.57 Å². The van der Waals surface area contributed by atoms with Crippen molar-refractivity contribution >= 4 is 17.7 Å². The minimum atomic E-state index is -4.26. The summed E-state index contributed by atoms with van der Waals surface area (Å²) in [6, 6.07) is 7.97. The fourth-order valence-electron chi connectivity index (χ4n) is 3.76. The quantitative estimate of drug-likeness (QED) is 0.505. The van der Waals surface area contributed by atoms with E-state index in [9.17, 15) is 22.4 Å². The second kappa shape index (κ2) is 10.1. The van der Waals surface area contributed by atoms with Gasteiger partial charge in [0, 0.05) is 18.4 Å². The third-order valence-electron chi connectivity index (χ3n) is 5.52. The number of aliphatic imine (C=N–C) groups is 1. The Morgan fingerprint density at radius 2 is 1.94 bits per heavy atom. The van der Waals surface area contributed by atoms with E-state index in [-0.39, 0.29) is 5.82 Å². The molecule has 9 heteroatoms. The highest BCUT2D eigenvalue weighted by Gasteiger charge is 2.40. The predicted octanol–water partition coefficient (Wildman–Crippen LogP) is 4.66. The smallest absolute Gasteiger partial charge is 0.404 e. The van der Waals surface area contributed by atoms with Crippen LogP contribution in [0.25, 0.3) is 0 Å². The SMILES string of the molecule is Cc1cc(C(F)(F)F)ccn1.N/C=C1/CC2(C=O)CNCCC2=CC1=Nc1ccc(F)cc1. The monoisotopic (exact) mass is 460 g/mol. The minimum absolute atomic E-state index is 0.293. The van der Waals surface area contributed by atoms with Gasteiger partial charge in [0.1, 0.15) is 12.1 Å². The second-order valence-corrected chi connectivity index (χ2v) is 7.90. The Kier molecular flexibility index (Phi) is 7.43. The third kappa shape index (κ3) is 5.92. The molecule has 1 aromatic heterocycles. The highest BCUT2D eigenvalue weighted by molar-refractivity contribution is 6.12. The number of fused-ring (bicyclic) bond motifs is 1. The average Bonchev–Trinajstić information content (AvgIpc) is 2.80. The number of benzene rings is 1. The lowest BCUT2D eigenvalue weighted by Gasteiger charge is -2.39. The number of nitrogens with zero attached hydrogens (tertiary/aromatic N) is 2. The van der Waals surface area contributed by atoms with Gasteiger partial charge in [-0.25, -0.2) is 9.38 Å². The number of carbonyl (C=O) groups is 1. The molecule has 0 amide bonds. The first-order valence-electron chi connectivity index (χ1n) is 10.3. The molecule has 33 heavy (non-hydrogen) atoms. The molecular weight excluding hydrogens is 436 g/mol. The van der Waals surface area contributed by atoms with Crippen molar-refractivity contribution in [3.63, 3.8) is 0 Å². The van der Waals surface area contributed by atoms with Gasteiger partial charge >= 0.3 is 6.18 Å². The van der Waals surface area contributed by atoms with E-state index >= 15 is 0 Å². The van der Waals surface area contributed by atoms with E-state index in [0.717, 1.165) is 54.4 Å². The van der Waals surface area contributed by atoms with Crippen molar-refractivity contribution in [2.24, 2.45) is 16.1 Å². The summed E-state index contributed by atoms with van der Waals surface area (Å²) in [5, 5.41) is 3.27. The molecule has 3 N–H and O–H groups in total. The van der Waals surface area contributed by atoms with Crippen molar-refractivity contribution in [1.82, 2.24) is 10.3 Å². The van der Waals surface area contributed by atoms with E-state index in [1.54, 1.807) is 12.1 Å². The Bertz CT molecular complexity index is 1090. The summed E-state index contributed by atoms with van der Waals surface area (Å²) in [6.07, 6.45) is 2.75. The summed E-state index contributed by atoms with van der Waals surface area (Å²) >= 11 is 0. The summed E-state index contributed by atoms with van der Waals surface area (Å²) in [7, 11) is 0. The molecular formula is C24H24F4N4O. The van der Waals surface area contributed by atoms with Gasteiger partial charge in [-0.3, -0.25) is 4.98 Å². The molecule has 1 aliphatic carbocycles. The molecule has 2 aromatic rings. The number of allylic oxidation sites excluding steroid dienone is 2. The molecule has 174 valence electrons. The molecule has 5 nitrogen and oxygen atoms in total. The topological polar surface area (TPSA) is 80.4 Å². The highest BCUT2D eigenvalue weighted by atomic mass is 19.4. The number of carbonyl (C=O) groups excluding carboxylic acids is 1. The molecule has 1 aliphatic heterocycles. The Hall–Kier alpha value is -3.33. The number of aromatic nitrogens is 1. The predicted molar refractivity (Wildman–Crippen MR) is 118 cm³/mol. The average molecular weight is 460 g/mol. The van der Waals surface area contributed by atoms with E-state index < -0.39 is 17.2 Å². The van der Waals surface area contributed by atoms with Gasteiger partial charge in [0.15, 0.2) is 0 Å². The fourth-order valence-corrected chi connectivity index (χ4v) is 3.76. The van der Waals surface area contributed by atoms with Gasteiger partial charge in [0.2, 0.25) is 0 Å². The van der Waals surface area contributed by atoms with Crippen molar-refractivity contribution in [3.8, 4) is 0 Å². The molecule has 0 spiro atoms. The second-order valence-electron chi connectivity index (χ2n) is 7.90. The Morgan fingerprint density at radius 1 is 1.21 bits per heavy atom. The number of nitrogens with two attached hydrogens (primary N) is 1. The van der Waals surface area contributed by atoms with Gasteiger partial charge in [-0.15, -0.1) is 0 Å². The molecule has 2 aliphatic rings. The van der Waals surface area contributed by atoms with Crippen LogP contribution < -0.4 is 11.1 Å². The first kappa shape index (κ1) is 24.3. The molecule has 1 unspecified atom stereocenters. The molecule has 0 saturated carbocycles. The minimum Gasteiger partial charge on any atom is -0.404 e. The maximum atomic E-state index is 13.0. The summed E-state index contributed by atoms with van der Waals surface area (Å²) in [6.45, 7) is 3.01. The molecule has 1 aromatic carbocycles. The van der Waals surface area contributed by atoms with Gasteiger partial charge in [0.25, 0.3) is 0 Å². The first-order valence-corrected chi connectivity index (χ1v) is 10.3. The number of aryl methyl sites for hydroxylation is 1. The van der Waals surface area contributed by atoms with Gasteiger partial charge < -0.3 is 15.8 Å². The van der Waals surface area contributed by atoms with Gasteiger partial charge in [-0.05, 0) is 80.6 Å². The van der Waals surface area contributed by atoms with Crippen LogP contribution in [-0.4, -0.2) is 30.1 Å². The maximum absolute atomic E-state index is 13.0. The van der Waals surface area contributed by atoms with Crippen LogP contribution >= 0.6 is 0 Å². The van der Waals surface area contributed by atoms with Crippen LogP contribution in [0.4, 0.5) is 23.2 Å². The summed E-state index contributed by atoms with van der Waals surface area (Å²) in [4.78, 5) is 19.9. The van der Waals surface area contributed by atoms with Gasteiger partial charge in [-0.2, -0.15) is 13.2 Å². The third-order valence-corrected chi connectivity index (χ3v) is 5.52. The molecule has 1 atom stereocenters. The number of hydrogen-bond donors (Lipinski definition) is 2.